The van der Waals surface area contributed by atoms with Crippen molar-refractivity contribution in [3.63, 3.8) is 0 Å². The van der Waals surface area contributed by atoms with Crippen LogP contribution in [0.4, 0.5) is 0 Å². The number of amides is 1. The van der Waals surface area contributed by atoms with Gasteiger partial charge in [0, 0.05) is 43.0 Å². The second kappa shape index (κ2) is 10.6. The van der Waals surface area contributed by atoms with E-state index in [-0.39, 0.29) is 30.4 Å². The molecule has 0 saturated carbocycles. The quantitative estimate of drug-likeness (QED) is 0.425. The standard InChI is InChI=1S/C25H26ClN3O4/c1-2-32-22-10-8-19(16-20(22)26)24-27-25(33-28-24)18-12-14-29(15-13-18)23(31)11-9-21(30)17-6-4-3-5-7-17/h3-8,10,16,18H,2,9,11-15H2,1H3. The molecule has 1 fully saturated rings. The lowest BCUT2D eigenvalue weighted by Crippen LogP contribution is -2.38. The summed E-state index contributed by atoms with van der Waals surface area (Å²) in [6.45, 7) is 3.65. The Bertz CT molecular complexity index is 1110. The largest absolute Gasteiger partial charge is 0.492 e. The Morgan fingerprint density at radius 1 is 1.12 bits per heavy atom. The summed E-state index contributed by atoms with van der Waals surface area (Å²) in [4.78, 5) is 31.2. The second-order valence-corrected chi connectivity index (χ2v) is 8.39. The highest BCUT2D eigenvalue weighted by molar-refractivity contribution is 6.32. The van der Waals surface area contributed by atoms with Crippen molar-refractivity contribution in [1.29, 1.82) is 0 Å². The van der Waals surface area contributed by atoms with Crippen LogP contribution in [0.25, 0.3) is 11.4 Å². The van der Waals surface area contributed by atoms with Crippen LogP contribution in [0.1, 0.15) is 54.8 Å². The van der Waals surface area contributed by atoms with E-state index in [1.807, 2.05) is 36.1 Å². The zero-order valence-corrected chi connectivity index (χ0v) is 19.3. The van der Waals surface area contributed by atoms with Crippen LogP contribution >= 0.6 is 11.6 Å². The molecule has 0 bridgehead atoms. The van der Waals surface area contributed by atoms with Crippen molar-refractivity contribution in [1.82, 2.24) is 15.0 Å². The van der Waals surface area contributed by atoms with Crippen LogP contribution < -0.4 is 4.74 Å². The number of benzene rings is 2. The maximum Gasteiger partial charge on any atom is 0.230 e. The fraction of sp³-hybridized carbons (Fsp3) is 0.360. The number of aromatic nitrogens is 2. The van der Waals surface area contributed by atoms with Crippen molar-refractivity contribution in [3.8, 4) is 17.1 Å². The number of carbonyl (C=O) groups excluding carboxylic acids is 2. The fourth-order valence-corrected chi connectivity index (χ4v) is 4.19. The van der Waals surface area contributed by atoms with Crippen molar-refractivity contribution in [2.24, 2.45) is 0 Å². The summed E-state index contributed by atoms with van der Waals surface area (Å²) in [6, 6.07) is 14.5. The molecule has 8 heteroatoms. The van der Waals surface area contributed by atoms with Crippen LogP contribution in [0, 0.1) is 0 Å². The maximum absolute atomic E-state index is 12.6. The first kappa shape index (κ1) is 23.0. The molecule has 0 atom stereocenters. The topological polar surface area (TPSA) is 85.5 Å². The Labute approximate surface area is 197 Å². The SMILES string of the molecule is CCOc1ccc(-c2noc(C3CCN(C(=O)CCC(=O)c4ccccc4)CC3)n2)cc1Cl. The molecule has 3 aromatic rings. The Hall–Kier alpha value is -3.19. The molecule has 0 N–H and O–H groups in total. The van der Waals surface area contributed by atoms with Crippen molar-refractivity contribution in [3.05, 3.63) is 65.0 Å². The van der Waals surface area contributed by atoms with Gasteiger partial charge in [0.25, 0.3) is 0 Å². The molecule has 1 aromatic heterocycles. The van der Waals surface area contributed by atoms with Gasteiger partial charge in [-0.2, -0.15) is 4.98 Å². The lowest BCUT2D eigenvalue weighted by Gasteiger charge is -2.30. The summed E-state index contributed by atoms with van der Waals surface area (Å²) in [5.41, 5.74) is 1.40. The monoisotopic (exact) mass is 467 g/mol. The van der Waals surface area contributed by atoms with Crippen LogP contribution in [0.3, 0.4) is 0 Å². The number of rotatable bonds is 8. The van der Waals surface area contributed by atoms with Crippen LogP contribution in [0.2, 0.25) is 5.02 Å². The molecule has 0 spiro atoms. The van der Waals surface area contributed by atoms with Gasteiger partial charge in [-0.05, 0) is 38.0 Å². The average Bonchev–Trinajstić information content (AvgIpc) is 3.35. The van der Waals surface area contributed by atoms with E-state index in [0.29, 0.717) is 47.7 Å². The molecule has 0 unspecified atom stereocenters. The van der Waals surface area contributed by atoms with Gasteiger partial charge >= 0.3 is 0 Å². The Balaban J connectivity index is 1.29. The van der Waals surface area contributed by atoms with Crippen LogP contribution in [0.15, 0.2) is 53.1 Å². The number of likely N-dealkylation sites (tertiary alicyclic amines) is 1. The van der Waals surface area contributed by atoms with Crippen molar-refractivity contribution < 1.29 is 18.8 Å². The van der Waals surface area contributed by atoms with Gasteiger partial charge in [0.05, 0.1) is 11.6 Å². The maximum atomic E-state index is 12.6. The minimum Gasteiger partial charge on any atom is -0.492 e. The third-order valence-corrected chi connectivity index (χ3v) is 6.09. The number of carbonyl (C=O) groups is 2. The molecule has 4 rings (SSSR count). The van der Waals surface area contributed by atoms with E-state index in [4.69, 9.17) is 20.9 Å². The third-order valence-electron chi connectivity index (χ3n) is 5.79. The summed E-state index contributed by atoms with van der Waals surface area (Å²) in [5, 5.41) is 4.60. The zero-order valence-electron chi connectivity index (χ0n) is 18.5. The first-order valence-electron chi connectivity index (χ1n) is 11.2. The Morgan fingerprint density at radius 3 is 2.58 bits per heavy atom. The van der Waals surface area contributed by atoms with Gasteiger partial charge in [-0.15, -0.1) is 0 Å². The van der Waals surface area contributed by atoms with E-state index in [9.17, 15) is 9.59 Å². The van der Waals surface area contributed by atoms with Gasteiger partial charge in [0.2, 0.25) is 17.6 Å². The lowest BCUT2D eigenvalue weighted by molar-refractivity contribution is -0.132. The predicted octanol–water partition coefficient (Wildman–Crippen LogP) is 5.16. The third kappa shape index (κ3) is 5.60. The molecule has 2 aromatic carbocycles. The summed E-state index contributed by atoms with van der Waals surface area (Å²) in [7, 11) is 0. The highest BCUT2D eigenvalue weighted by Crippen LogP contribution is 2.32. The Morgan fingerprint density at radius 2 is 1.88 bits per heavy atom. The number of piperidine rings is 1. The molecule has 1 aliphatic heterocycles. The van der Waals surface area contributed by atoms with Crippen molar-refractivity contribution >= 4 is 23.3 Å². The highest BCUT2D eigenvalue weighted by atomic mass is 35.5. The molecule has 0 radical (unpaired) electrons. The van der Waals surface area contributed by atoms with Gasteiger partial charge in [-0.1, -0.05) is 47.1 Å². The van der Waals surface area contributed by atoms with E-state index in [1.54, 1.807) is 24.3 Å². The molecule has 1 amide bonds. The smallest absolute Gasteiger partial charge is 0.230 e. The second-order valence-electron chi connectivity index (χ2n) is 7.98. The van der Waals surface area contributed by atoms with Gasteiger partial charge < -0.3 is 14.2 Å². The first-order chi connectivity index (χ1) is 16.0. The number of nitrogens with zero attached hydrogens (tertiary/aromatic N) is 3. The average molecular weight is 468 g/mol. The summed E-state index contributed by atoms with van der Waals surface area (Å²) in [6.07, 6.45) is 1.93. The van der Waals surface area contributed by atoms with Gasteiger partial charge in [0.1, 0.15) is 5.75 Å². The summed E-state index contributed by atoms with van der Waals surface area (Å²) >= 11 is 6.27. The zero-order chi connectivity index (χ0) is 23.2. The van der Waals surface area contributed by atoms with Crippen LogP contribution in [-0.4, -0.2) is 46.4 Å². The van der Waals surface area contributed by atoms with Crippen molar-refractivity contribution in [2.75, 3.05) is 19.7 Å². The van der Waals surface area contributed by atoms with E-state index < -0.39 is 0 Å². The number of Topliss-reactive ketones (excluding diaryl/α,β-unsaturated/α-hetero) is 1. The normalized spacial score (nSPS) is 14.3. The predicted molar refractivity (Wildman–Crippen MR) is 124 cm³/mol. The minimum atomic E-state index is -0.00776. The number of hydrogen-bond donors (Lipinski definition) is 0. The lowest BCUT2D eigenvalue weighted by atomic mass is 9.96. The molecule has 1 aliphatic rings. The number of ether oxygens (including phenoxy) is 1. The molecular weight excluding hydrogens is 442 g/mol. The van der Waals surface area contributed by atoms with E-state index >= 15 is 0 Å². The number of ketones is 1. The van der Waals surface area contributed by atoms with E-state index in [2.05, 4.69) is 10.1 Å². The van der Waals surface area contributed by atoms with Gasteiger partial charge in [0.15, 0.2) is 5.78 Å². The molecule has 7 nitrogen and oxygen atoms in total. The number of hydrogen-bond acceptors (Lipinski definition) is 6. The van der Waals surface area contributed by atoms with E-state index in [0.717, 1.165) is 18.4 Å². The summed E-state index contributed by atoms with van der Waals surface area (Å²) in [5.74, 6) is 1.77. The number of halogens is 1. The fourth-order valence-electron chi connectivity index (χ4n) is 3.95. The first-order valence-corrected chi connectivity index (χ1v) is 11.5. The van der Waals surface area contributed by atoms with Crippen molar-refractivity contribution in [2.45, 2.75) is 38.5 Å². The molecule has 2 heterocycles. The summed E-state index contributed by atoms with van der Waals surface area (Å²) < 4.78 is 11.0. The molecule has 172 valence electrons. The van der Waals surface area contributed by atoms with Crippen LogP contribution in [-0.2, 0) is 4.79 Å². The highest BCUT2D eigenvalue weighted by Gasteiger charge is 2.28. The Kier molecular flexibility index (Phi) is 7.40. The molecular formula is C25H26ClN3O4. The van der Waals surface area contributed by atoms with E-state index in [1.165, 1.54) is 0 Å². The van der Waals surface area contributed by atoms with Gasteiger partial charge in [-0.25, -0.2) is 0 Å². The minimum absolute atomic E-state index is 0.00739. The van der Waals surface area contributed by atoms with Crippen LogP contribution in [0.5, 0.6) is 5.75 Å². The molecule has 1 saturated heterocycles. The molecule has 33 heavy (non-hydrogen) atoms. The van der Waals surface area contributed by atoms with Gasteiger partial charge in [-0.3, -0.25) is 9.59 Å². The molecule has 0 aliphatic carbocycles.